The first kappa shape index (κ1) is 10.9. The summed E-state index contributed by atoms with van der Waals surface area (Å²) in [5.41, 5.74) is 1.34. The molecule has 0 saturated heterocycles. The number of fused-ring (bicyclic) bond motifs is 3. The average molecular weight is 244 g/mol. The molecule has 6 nitrogen and oxygen atoms in total. The van der Waals surface area contributed by atoms with E-state index in [0.29, 0.717) is 28.7 Å². The molecule has 0 aliphatic carbocycles. The van der Waals surface area contributed by atoms with Crippen molar-refractivity contribution in [2.45, 2.75) is 19.8 Å². The fourth-order valence-corrected chi connectivity index (χ4v) is 2.18. The molecule has 92 valence electrons. The third-order valence-electron chi connectivity index (χ3n) is 3.15. The number of carbonyl (C=O) groups is 2. The Morgan fingerprint density at radius 1 is 1.28 bits per heavy atom. The number of aromatic amines is 1. The highest BCUT2D eigenvalue weighted by atomic mass is 16.2. The van der Waals surface area contributed by atoms with Gasteiger partial charge < -0.3 is 0 Å². The number of nitrogens with one attached hydrogen (secondary N) is 1. The van der Waals surface area contributed by atoms with Crippen LogP contribution in [0.4, 0.5) is 0 Å². The number of amides is 2. The molecule has 0 radical (unpaired) electrons. The Kier molecular flexibility index (Phi) is 2.36. The molecule has 0 spiro atoms. The predicted molar refractivity (Wildman–Crippen MR) is 64.2 cm³/mol. The van der Waals surface area contributed by atoms with Crippen LogP contribution in [0.5, 0.6) is 0 Å². The van der Waals surface area contributed by atoms with Gasteiger partial charge in [-0.05, 0) is 6.42 Å². The van der Waals surface area contributed by atoms with Crippen LogP contribution < -0.4 is 0 Å². The molecule has 3 heterocycles. The molecule has 3 rings (SSSR count). The van der Waals surface area contributed by atoms with Crippen LogP contribution >= 0.6 is 0 Å². The average Bonchev–Trinajstić information content (AvgIpc) is 2.92. The zero-order chi connectivity index (χ0) is 12.7. The van der Waals surface area contributed by atoms with Crippen LogP contribution in [0.15, 0.2) is 12.4 Å². The molecular weight excluding hydrogens is 232 g/mol. The van der Waals surface area contributed by atoms with Crippen molar-refractivity contribution >= 4 is 22.8 Å². The van der Waals surface area contributed by atoms with Crippen molar-refractivity contribution in [3.05, 3.63) is 23.5 Å². The van der Waals surface area contributed by atoms with Gasteiger partial charge in [-0.15, -0.1) is 0 Å². The Hall–Kier alpha value is -2.24. The molecule has 18 heavy (non-hydrogen) atoms. The topological polar surface area (TPSA) is 79.0 Å². The van der Waals surface area contributed by atoms with Gasteiger partial charge in [-0.25, -0.2) is 4.98 Å². The lowest BCUT2D eigenvalue weighted by Crippen LogP contribution is -2.30. The van der Waals surface area contributed by atoms with E-state index in [-0.39, 0.29) is 11.8 Å². The summed E-state index contributed by atoms with van der Waals surface area (Å²) in [4.78, 5) is 29.8. The van der Waals surface area contributed by atoms with Crippen molar-refractivity contribution in [2.75, 3.05) is 6.54 Å². The Morgan fingerprint density at radius 2 is 2.11 bits per heavy atom. The molecular formula is C12H12N4O2. The first-order valence-electron chi connectivity index (χ1n) is 5.92. The number of carbonyl (C=O) groups excluding carboxylic acids is 2. The van der Waals surface area contributed by atoms with E-state index in [1.807, 2.05) is 6.92 Å². The Morgan fingerprint density at radius 3 is 2.89 bits per heavy atom. The molecule has 0 bridgehead atoms. The first-order chi connectivity index (χ1) is 8.74. The summed E-state index contributed by atoms with van der Waals surface area (Å²) in [6, 6.07) is 0. The van der Waals surface area contributed by atoms with Crippen LogP contribution in [0.25, 0.3) is 11.0 Å². The molecule has 6 heteroatoms. The maximum absolute atomic E-state index is 12.3. The van der Waals surface area contributed by atoms with Gasteiger partial charge in [-0.2, -0.15) is 5.10 Å². The number of hydrogen-bond acceptors (Lipinski definition) is 4. The van der Waals surface area contributed by atoms with E-state index in [0.717, 1.165) is 12.8 Å². The van der Waals surface area contributed by atoms with Gasteiger partial charge in [0.2, 0.25) is 0 Å². The molecule has 1 N–H and O–H groups in total. The normalized spacial score (nSPS) is 14.6. The summed E-state index contributed by atoms with van der Waals surface area (Å²) in [5.74, 6) is -0.490. The highest BCUT2D eigenvalue weighted by Crippen LogP contribution is 2.28. The largest absolute Gasteiger partial charge is 0.274 e. The van der Waals surface area contributed by atoms with Crippen LogP contribution in [0.2, 0.25) is 0 Å². The van der Waals surface area contributed by atoms with Gasteiger partial charge in [-0.1, -0.05) is 13.3 Å². The van der Waals surface area contributed by atoms with Crippen molar-refractivity contribution in [2.24, 2.45) is 0 Å². The van der Waals surface area contributed by atoms with Crippen LogP contribution in [0, 0.1) is 0 Å². The smallest absolute Gasteiger partial charge is 0.263 e. The van der Waals surface area contributed by atoms with E-state index in [1.165, 1.54) is 17.3 Å². The number of rotatable bonds is 3. The van der Waals surface area contributed by atoms with Crippen LogP contribution in [-0.2, 0) is 0 Å². The van der Waals surface area contributed by atoms with Crippen LogP contribution in [-0.4, -0.2) is 38.4 Å². The molecule has 2 aromatic heterocycles. The molecule has 0 unspecified atom stereocenters. The minimum Gasteiger partial charge on any atom is -0.274 e. The van der Waals surface area contributed by atoms with E-state index < -0.39 is 0 Å². The number of H-pyrrole nitrogens is 1. The van der Waals surface area contributed by atoms with Gasteiger partial charge in [0.05, 0.1) is 22.7 Å². The zero-order valence-electron chi connectivity index (χ0n) is 9.93. The summed E-state index contributed by atoms with van der Waals surface area (Å²) in [6.45, 7) is 2.48. The molecule has 0 aromatic carbocycles. The fraction of sp³-hybridized carbons (Fsp3) is 0.333. The Balaban J connectivity index is 2.11. The number of aromatic nitrogens is 3. The molecule has 2 amide bonds. The fourth-order valence-electron chi connectivity index (χ4n) is 2.18. The summed E-state index contributed by atoms with van der Waals surface area (Å²) in [7, 11) is 0. The van der Waals surface area contributed by atoms with E-state index in [1.54, 1.807) is 0 Å². The van der Waals surface area contributed by atoms with E-state index in [4.69, 9.17) is 0 Å². The monoisotopic (exact) mass is 244 g/mol. The lowest BCUT2D eigenvalue weighted by atomic mass is 10.1. The second kappa shape index (κ2) is 3.90. The number of nitrogens with zero attached hydrogens (tertiary/aromatic N) is 3. The van der Waals surface area contributed by atoms with Gasteiger partial charge >= 0.3 is 0 Å². The Labute approximate surface area is 103 Å². The minimum absolute atomic E-state index is 0.239. The quantitative estimate of drug-likeness (QED) is 0.826. The van der Waals surface area contributed by atoms with Crippen LogP contribution in [0.3, 0.4) is 0 Å². The van der Waals surface area contributed by atoms with Gasteiger partial charge in [0.15, 0.2) is 5.65 Å². The highest BCUT2D eigenvalue weighted by molar-refractivity contribution is 6.25. The van der Waals surface area contributed by atoms with Crippen molar-refractivity contribution in [1.82, 2.24) is 20.1 Å². The lowest BCUT2D eigenvalue weighted by molar-refractivity contribution is 0.0653. The van der Waals surface area contributed by atoms with Gasteiger partial charge in [-0.3, -0.25) is 19.6 Å². The van der Waals surface area contributed by atoms with E-state index in [9.17, 15) is 9.59 Å². The predicted octanol–water partition coefficient (Wildman–Crippen LogP) is 1.35. The summed E-state index contributed by atoms with van der Waals surface area (Å²) in [5, 5.41) is 7.17. The second-order valence-electron chi connectivity index (χ2n) is 4.29. The van der Waals surface area contributed by atoms with Gasteiger partial charge in [0, 0.05) is 12.7 Å². The van der Waals surface area contributed by atoms with Crippen molar-refractivity contribution in [3.8, 4) is 0 Å². The summed E-state index contributed by atoms with van der Waals surface area (Å²) in [6.07, 6.45) is 4.73. The molecule has 0 saturated carbocycles. The van der Waals surface area contributed by atoms with E-state index >= 15 is 0 Å². The maximum atomic E-state index is 12.3. The summed E-state index contributed by atoms with van der Waals surface area (Å²) < 4.78 is 0. The van der Waals surface area contributed by atoms with Gasteiger partial charge in [0.1, 0.15) is 0 Å². The molecule has 1 aliphatic rings. The maximum Gasteiger partial charge on any atom is 0.263 e. The molecule has 1 aliphatic heterocycles. The van der Waals surface area contributed by atoms with Crippen LogP contribution in [0.1, 0.15) is 40.5 Å². The lowest BCUT2D eigenvalue weighted by Gasteiger charge is -2.12. The zero-order valence-corrected chi connectivity index (χ0v) is 9.93. The second-order valence-corrected chi connectivity index (χ2v) is 4.29. The van der Waals surface area contributed by atoms with Gasteiger partial charge in [0.25, 0.3) is 11.8 Å². The molecule has 0 atom stereocenters. The molecule has 0 fully saturated rings. The number of unbranched alkanes of at least 4 members (excludes halogenated alkanes) is 1. The number of pyridine rings is 1. The highest BCUT2D eigenvalue weighted by Gasteiger charge is 2.37. The minimum atomic E-state index is -0.251. The SMILES string of the molecule is CCCCN1C(=O)c2cnc3[nH]ncc3c2C1=O. The van der Waals surface area contributed by atoms with Crippen molar-refractivity contribution in [1.29, 1.82) is 0 Å². The third kappa shape index (κ3) is 1.35. The first-order valence-corrected chi connectivity index (χ1v) is 5.92. The number of hydrogen-bond donors (Lipinski definition) is 1. The Bertz CT molecular complexity index is 647. The van der Waals surface area contributed by atoms with Crippen molar-refractivity contribution < 1.29 is 9.59 Å². The standard InChI is InChI=1S/C12H12N4O2/c1-2-3-4-16-11(17)8-5-13-10-7(6-14-15-10)9(8)12(16)18/h5-6H,2-4H2,1H3,(H,13,14,15). The van der Waals surface area contributed by atoms with Crippen molar-refractivity contribution in [3.63, 3.8) is 0 Å². The van der Waals surface area contributed by atoms with E-state index in [2.05, 4.69) is 15.2 Å². The summed E-state index contributed by atoms with van der Waals surface area (Å²) >= 11 is 0. The number of imide groups is 1. The third-order valence-corrected chi connectivity index (χ3v) is 3.15. The molecule has 2 aromatic rings.